The van der Waals surface area contributed by atoms with Crippen molar-refractivity contribution in [2.24, 2.45) is 0 Å². The van der Waals surface area contributed by atoms with Crippen LogP contribution >= 0.6 is 0 Å². The number of nitrogens with one attached hydrogen (secondary N) is 1. The van der Waals surface area contributed by atoms with Crippen molar-refractivity contribution >= 4 is 22.7 Å². The van der Waals surface area contributed by atoms with Crippen LogP contribution in [0.3, 0.4) is 0 Å². The zero-order chi connectivity index (χ0) is 21.8. The van der Waals surface area contributed by atoms with Crippen LogP contribution in [0.5, 0.6) is 5.75 Å². The highest BCUT2D eigenvalue weighted by Gasteiger charge is 2.12. The fraction of sp³-hybridized carbons (Fsp3) is 0.231. The fourth-order valence-electron chi connectivity index (χ4n) is 3.41. The molecule has 5 heteroatoms. The number of oxazole rings is 1. The van der Waals surface area contributed by atoms with Crippen molar-refractivity contribution in [2.75, 3.05) is 11.9 Å². The minimum Gasteiger partial charge on any atom is -0.484 e. The van der Waals surface area contributed by atoms with Crippen LogP contribution in [0.2, 0.25) is 0 Å². The minimum atomic E-state index is -0.229. The molecule has 0 aliphatic carbocycles. The Hall–Kier alpha value is -3.60. The van der Waals surface area contributed by atoms with E-state index < -0.39 is 0 Å². The number of hydrogen-bond acceptors (Lipinski definition) is 4. The molecular weight excluding hydrogens is 388 g/mol. The van der Waals surface area contributed by atoms with Crippen LogP contribution < -0.4 is 10.1 Å². The summed E-state index contributed by atoms with van der Waals surface area (Å²) in [7, 11) is 0. The molecule has 1 N–H and O–H groups in total. The number of benzene rings is 3. The van der Waals surface area contributed by atoms with Crippen LogP contribution in [0.1, 0.15) is 37.3 Å². The van der Waals surface area contributed by atoms with Crippen LogP contribution in [0.25, 0.3) is 22.6 Å². The van der Waals surface area contributed by atoms with E-state index in [1.165, 1.54) is 5.56 Å². The summed E-state index contributed by atoms with van der Waals surface area (Å²) in [5.41, 5.74) is 5.34. The van der Waals surface area contributed by atoms with E-state index in [4.69, 9.17) is 9.15 Å². The summed E-state index contributed by atoms with van der Waals surface area (Å²) in [6.07, 6.45) is 1.09. The van der Waals surface area contributed by atoms with E-state index in [1.54, 1.807) is 12.1 Å². The molecule has 0 bridgehead atoms. The second-order valence-corrected chi connectivity index (χ2v) is 7.73. The Kier molecular flexibility index (Phi) is 6.03. The van der Waals surface area contributed by atoms with Gasteiger partial charge >= 0.3 is 0 Å². The van der Waals surface area contributed by atoms with Gasteiger partial charge in [-0.25, -0.2) is 4.98 Å². The number of hydrogen-bond donors (Lipinski definition) is 1. The number of aromatic nitrogens is 1. The van der Waals surface area contributed by atoms with Gasteiger partial charge in [-0.05, 0) is 66.8 Å². The first kappa shape index (κ1) is 20.7. The van der Waals surface area contributed by atoms with Gasteiger partial charge in [-0.15, -0.1) is 0 Å². The molecule has 1 heterocycles. The zero-order valence-electron chi connectivity index (χ0n) is 18.0. The lowest BCUT2D eigenvalue weighted by Gasteiger charge is -2.11. The second-order valence-electron chi connectivity index (χ2n) is 7.73. The van der Waals surface area contributed by atoms with E-state index in [0.29, 0.717) is 34.3 Å². The summed E-state index contributed by atoms with van der Waals surface area (Å²) in [5, 5.41) is 2.86. The maximum Gasteiger partial charge on any atom is 0.262 e. The number of nitrogens with zero attached hydrogens (tertiary/aromatic N) is 1. The molecule has 1 aromatic heterocycles. The quantitative estimate of drug-likeness (QED) is 0.383. The maximum absolute atomic E-state index is 12.3. The second kappa shape index (κ2) is 9.04. The van der Waals surface area contributed by atoms with E-state index in [1.807, 2.05) is 61.5 Å². The summed E-state index contributed by atoms with van der Waals surface area (Å²) in [5.74, 6) is 1.53. The Bertz CT molecular complexity index is 1190. The van der Waals surface area contributed by atoms with E-state index in [-0.39, 0.29) is 12.5 Å². The number of rotatable bonds is 7. The van der Waals surface area contributed by atoms with Gasteiger partial charge in [0.05, 0.1) is 0 Å². The SMILES string of the molecule is CC[C@H](C)c1ccc(OCC(=O)Nc2ccc3oc(-c4ccccc4C)nc3c2)cc1. The predicted octanol–water partition coefficient (Wildman–Crippen LogP) is 6.33. The Balaban J connectivity index is 1.40. The summed E-state index contributed by atoms with van der Waals surface area (Å²) in [6, 6.07) is 21.3. The minimum absolute atomic E-state index is 0.0615. The summed E-state index contributed by atoms with van der Waals surface area (Å²) < 4.78 is 11.5. The van der Waals surface area contributed by atoms with Crippen molar-refractivity contribution in [1.29, 1.82) is 0 Å². The van der Waals surface area contributed by atoms with Crippen LogP contribution in [-0.2, 0) is 4.79 Å². The Morgan fingerprint density at radius 2 is 1.87 bits per heavy atom. The highest BCUT2D eigenvalue weighted by molar-refractivity contribution is 5.94. The van der Waals surface area contributed by atoms with Crippen molar-refractivity contribution in [3.05, 3.63) is 77.9 Å². The lowest BCUT2D eigenvalue weighted by molar-refractivity contribution is -0.118. The van der Waals surface area contributed by atoms with Crippen LogP contribution in [0, 0.1) is 6.92 Å². The molecule has 0 spiro atoms. The summed E-state index contributed by atoms with van der Waals surface area (Å²) >= 11 is 0. The van der Waals surface area contributed by atoms with Gasteiger partial charge in [0, 0.05) is 11.3 Å². The largest absolute Gasteiger partial charge is 0.484 e. The van der Waals surface area contributed by atoms with Gasteiger partial charge < -0.3 is 14.5 Å². The summed E-state index contributed by atoms with van der Waals surface area (Å²) in [4.78, 5) is 16.9. The molecule has 0 unspecified atom stereocenters. The first-order valence-corrected chi connectivity index (χ1v) is 10.5. The average molecular weight is 415 g/mol. The molecule has 0 fully saturated rings. The van der Waals surface area contributed by atoms with Gasteiger partial charge in [0.2, 0.25) is 5.89 Å². The predicted molar refractivity (Wildman–Crippen MR) is 123 cm³/mol. The highest BCUT2D eigenvalue weighted by Crippen LogP contribution is 2.28. The standard InChI is InChI=1S/C26H26N2O3/c1-4-17(2)19-9-12-21(13-10-19)30-16-25(29)27-20-11-14-24-23(15-20)28-26(31-24)22-8-6-5-7-18(22)3/h5-15,17H,4,16H2,1-3H3,(H,27,29)/t17-/m0/s1. The van der Waals surface area contributed by atoms with Crippen molar-refractivity contribution < 1.29 is 13.9 Å². The van der Waals surface area contributed by atoms with Crippen LogP contribution in [0.15, 0.2) is 71.1 Å². The van der Waals surface area contributed by atoms with E-state index >= 15 is 0 Å². The molecule has 4 aromatic rings. The zero-order valence-corrected chi connectivity index (χ0v) is 18.0. The number of ether oxygens (including phenoxy) is 1. The molecule has 3 aromatic carbocycles. The molecule has 1 atom stereocenters. The molecule has 0 saturated carbocycles. The van der Waals surface area contributed by atoms with Crippen LogP contribution in [-0.4, -0.2) is 17.5 Å². The number of carbonyl (C=O) groups excluding carboxylic acids is 1. The third-order valence-electron chi connectivity index (χ3n) is 5.48. The normalized spacial score (nSPS) is 12.0. The number of aryl methyl sites for hydroxylation is 1. The fourth-order valence-corrected chi connectivity index (χ4v) is 3.41. The Morgan fingerprint density at radius 3 is 2.61 bits per heavy atom. The van der Waals surface area contributed by atoms with E-state index in [0.717, 1.165) is 17.5 Å². The number of amides is 1. The number of anilines is 1. The van der Waals surface area contributed by atoms with Crippen molar-refractivity contribution in [1.82, 2.24) is 4.98 Å². The number of carbonyl (C=O) groups is 1. The molecule has 0 saturated heterocycles. The highest BCUT2D eigenvalue weighted by atomic mass is 16.5. The molecule has 5 nitrogen and oxygen atoms in total. The Morgan fingerprint density at radius 1 is 1.10 bits per heavy atom. The lowest BCUT2D eigenvalue weighted by atomic mass is 9.99. The molecule has 0 radical (unpaired) electrons. The molecule has 158 valence electrons. The molecular formula is C26H26N2O3. The van der Waals surface area contributed by atoms with Gasteiger partial charge in [0.1, 0.15) is 11.3 Å². The maximum atomic E-state index is 12.3. The van der Waals surface area contributed by atoms with Crippen LogP contribution in [0.4, 0.5) is 5.69 Å². The van der Waals surface area contributed by atoms with E-state index in [2.05, 4.69) is 24.1 Å². The molecule has 4 rings (SSSR count). The van der Waals surface area contributed by atoms with Gasteiger partial charge in [-0.2, -0.15) is 0 Å². The van der Waals surface area contributed by atoms with Crippen molar-refractivity contribution in [3.63, 3.8) is 0 Å². The summed E-state index contributed by atoms with van der Waals surface area (Å²) in [6.45, 7) is 6.32. The average Bonchev–Trinajstić information content (AvgIpc) is 3.21. The third-order valence-corrected chi connectivity index (χ3v) is 5.48. The van der Waals surface area contributed by atoms with Gasteiger partial charge in [0.15, 0.2) is 12.2 Å². The smallest absolute Gasteiger partial charge is 0.262 e. The molecule has 1 amide bonds. The van der Waals surface area contributed by atoms with Gasteiger partial charge in [0.25, 0.3) is 5.91 Å². The number of fused-ring (bicyclic) bond motifs is 1. The first-order chi connectivity index (χ1) is 15.0. The Labute approximate surface area is 182 Å². The first-order valence-electron chi connectivity index (χ1n) is 10.5. The molecule has 0 aliphatic heterocycles. The molecule has 31 heavy (non-hydrogen) atoms. The topological polar surface area (TPSA) is 64.4 Å². The van der Waals surface area contributed by atoms with Crippen molar-refractivity contribution in [2.45, 2.75) is 33.1 Å². The monoisotopic (exact) mass is 414 g/mol. The van der Waals surface area contributed by atoms with Gasteiger partial charge in [-0.1, -0.05) is 44.2 Å². The van der Waals surface area contributed by atoms with Gasteiger partial charge in [-0.3, -0.25) is 4.79 Å². The van der Waals surface area contributed by atoms with Crippen molar-refractivity contribution in [3.8, 4) is 17.2 Å². The molecule has 0 aliphatic rings. The van der Waals surface area contributed by atoms with E-state index in [9.17, 15) is 4.79 Å². The lowest BCUT2D eigenvalue weighted by Crippen LogP contribution is -2.20. The third kappa shape index (κ3) is 4.77.